The third kappa shape index (κ3) is 3.04. The van der Waals surface area contributed by atoms with Gasteiger partial charge in [0.2, 0.25) is 0 Å². The first-order chi connectivity index (χ1) is 16.1. The molecule has 0 radical (unpaired) electrons. The molecule has 0 bridgehead atoms. The van der Waals surface area contributed by atoms with Crippen molar-refractivity contribution in [2.24, 2.45) is 17.8 Å². The number of imide groups is 1. The second-order valence-corrected chi connectivity index (χ2v) is 10.4. The van der Waals surface area contributed by atoms with Crippen LogP contribution in [0.5, 0.6) is 11.5 Å². The third-order valence-electron chi connectivity index (χ3n) is 7.25. The summed E-state index contributed by atoms with van der Waals surface area (Å²) in [5.41, 5.74) is 2.24. The number of methoxy groups -OCH3 is 1. The molecule has 1 saturated heterocycles. The van der Waals surface area contributed by atoms with Gasteiger partial charge in [-0.15, -0.1) is 0 Å². The minimum absolute atomic E-state index is 0.119. The van der Waals surface area contributed by atoms with Crippen LogP contribution in [0.15, 0.2) is 49.5 Å². The van der Waals surface area contributed by atoms with E-state index in [1.165, 1.54) is 13.2 Å². The summed E-state index contributed by atoms with van der Waals surface area (Å²) in [4.78, 5) is 51.8. The second-order valence-electron chi connectivity index (χ2n) is 8.86. The number of ketones is 2. The summed E-state index contributed by atoms with van der Waals surface area (Å²) in [5, 5.41) is 20.6. The Kier molecular flexibility index (Phi) is 5.46. The molecule has 0 unspecified atom stereocenters. The topological polar surface area (TPSA) is 121 Å². The Morgan fingerprint density at radius 2 is 1.79 bits per heavy atom. The van der Waals surface area contributed by atoms with Crippen molar-refractivity contribution < 1.29 is 34.2 Å². The van der Waals surface area contributed by atoms with E-state index in [0.29, 0.717) is 31.2 Å². The average Bonchev–Trinajstić information content (AvgIpc) is 3.04. The molecule has 10 heteroatoms. The lowest BCUT2D eigenvalue weighted by molar-refractivity contribution is -0.173. The molecule has 1 fully saturated rings. The first-order valence-electron chi connectivity index (χ1n) is 10.6. The maximum atomic E-state index is 13.4. The van der Waals surface area contributed by atoms with Crippen LogP contribution in [0.2, 0.25) is 0 Å². The molecular formula is C24H19Br2NO7. The number of amides is 2. The number of benzene rings is 1. The Labute approximate surface area is 211 Å². The van der Waals surface area contributed by atoms with Crippen molar-refractivity contribution in [3.05, 3.63) is 55.0 Å². The van der Waals surface area contributed by atoms with Gasteiger partial charge in [0, 0.05) is 27.1 Å². The highest BCUT2D eigenvalue weighted by Crippen LogP contribution is 2.57. The third-order valence-corrected chi connectivity index (χ3v) is 9.40. The van der Waals surface area contributed by atoms with Crippen LogP contribution >= 0.6 is 31.9 Å². The van der Waals surface area contributed by atoms with Crippen LogP contribution in [0.4, 0.5) is 0 Å². The molecule has 176 valence electrons. The number of hydroxylamine groups is 2. The van der Waals surface area contributed by atoms with E-state index < -0.39 is 35.5 Å². The van der Waals surface area contributed by atoms with Gasteiger partial charge in [-0.05, 0) is 75.2 Å². The Morgan fingerprint density at radius 3 is 2.47 bits per heavy atom. The van der Waals surface area contributed by atoms with Gasteiger partial charge >= 0.3 is 0 Å². The first-order valence-corrected chi connectivity index (χ1v) is 12.2. The number of allylic oxidation sites excluding steroid dienone is 6. The number of fused-ring (bicyclic) bond motifs is 3. The lowest BCUT2D eigenvalue weighted by Gasteiger charge is -2.42. The maximum Gasteiger partial charge on any atom is 0.257 e. The zero-order chi connectivity index (χ0) is 24.6. The van der Waals surface area contributed by atoms with Crippen LogP contribution in [-0.2, 0) is 19.2 Å². The van der Waals surface area contributed by atoms with Crippen LogP contribution in [0.1, 0.15) is 31.2 Å². The van der Waals surface area contributed by atoms with Crippen molar-refractivity contribution in [1.82, 2.24) is 5.06 Å². The molecular weight excluding hydrogens is 574 g/mol. The molecule has 2 amide bonds. The second kappa shape index (κ2) is 8.00. The monoisotopic (exact) mass is 591 g/mol. The van der Waals surface area contributed by atoms with Gasteiger partial charge in [0.25, 0.3) is 11.8 Å². The predicted octanol–water partition coefficient (Wildman–Crippen LogP) is 3.74. The van der Waals surface area contributed by atoms with E-state index in [9.17, 15) is 29.5 Å². The molecule has 2 N–H and O–H groups in total. The summed E-state index contributed by atoms with van der Waals surface area (Å²) >= 11 is 6.87. The molecule has 1 heterocycles. The van der Waals surface area contributed by atoms with Crippen LogP contribution in [0, 0.1) is 17.8 Å². The molecule has 1 aromatic carbocycles. The highest BCUT2D eigenvalue weighted by molar-refractivity contribution is 9.13. The van der Waals surface area contributed by atoms with E-state index in [1.54, 1.807) is 13.0 Å². The first kappa shape index (κ1) is 23.2. The number of aromatic hydroxyl groups is 1. The minimum atomic E-state index is -0.829. The standard InChI is InChI=1S/C24H19Br2NO7/c1-8-5-14(28)12-6-11-9(3-4-10-17(11)24(32)27(33)23(10)31)16(18(12)21(8)29)13-7-15(34-2)22(30)20(26)19(13)25/h3,5,7,10-11,16-17,30,33H,4,6H2,1-2H3/t10-,11+,16+,17-/m0/s1. The number of carbonyl (C=O) groups is 4. The summed E-state index contributed by atoms with van der Waals surface area (Å²) < 4.78 is 6.11. The van der Waals surface area contributed by atoms with Gasteiger partial charge in [-0.3, -0.25) is 24.4 Å². The Hall–Kier alpha value is -2.56. The summed E-state index contributed by atoms with van der Waals surface area (Å²) in [7, 11) is 1.40. The van der Waals surface area contributed by atoms with E-state index >= 15 is 0 Å². The highest BCUT2D eigenvalue weighted by atomic mass is 79.9. The number of nitrogens with zero attached hydrogens (tertiary/aromatic N) is 1. The van der Waals surface area contributed by atoms with Crippen LogP contribution < -0.4 is 4.74 Å². The number of phenols is 1. The molecule has 8 nitrogen and oxygen atoms in total. The summed E-state index contributed by atoms with van der Waals surface area (Å²) in [6.45, 7) is 1.59. The minimum Gasteiger partial charge on any atom is -0.503 e. The van der Waals surface area contributed by atoms with Crippen molar-refractivity contribution in [2.45, 2.75) is 25.7 Å². The summed E-state index contributed by atoms with van der Waals surface area (Å²) in [6, 6.07) is 1.60. The molecule has 4 atom stereocenters. The van der Waals surface area contributed by atoms with Gasteiger partial charge < -0.3 is 9.84 Å². The fourth-order valence-electron chi connectivity index (χ4n) is 5.68. The molecule has 34 heavy (non-hydrogen) atoms. The fourth-order valence-corrected chi connectivity index (χ4v) is 6.63. The van der Waals surface area contributed by atoms with Crippen LogP contribution in [0.25, 0.3) is 0 Å². The van der Waals surface area contributed by atoms with Gasteiger partial charge in [-0.2, -0.15) is 5.06 Å². The molecule has 0 aromatic heterocycles. The smallest absolute Gasteiger partial charge is 0.257 e. The van der Waals surface area contributed by atoms with Gasteiger partial charge in [0.15, 0.2) is 23.1 Å². The van der Waals surface area contributed by atoms with Crippen molar-refractivity contribution >= 4 is 55.2 Å². The lowest BCUT2D eigenvalue weighted by atomic mass is 9.59. The van der Waals surface area contributed by atoms with Crippen molar-refractivity contribution in [1.29, 1.82) is 0 Å². The van der Waals surface area contributed by atoms with E-state index in [1.807, 2.05) is 6.08 Å². The fraction of sp³-hybridized carbons (Fsp3) is 0.333. The van der Waals surface area contributed by atoms with Crippen molar-refractivity contribution in [3.63, 3.8) is 0 Å². The van der Waals surface area contributed by atoms with Gasteiger partial charge in [0.05, 0.1) is 23.4 Å². The van der Waals surface area contributed by atoms with Gasteiger partial charge in [-0.1, -0.05) is 11.6 Å². The summed E-state index contributed by atoms with van der Waals surface area (Å²) in [6.07, 6.45) is 3.49. The number of phenolic OH excluding ortho intramolecular Hbond substituents is 1. The number of hydrogen-bond donors (Lipinski definition) is 2. The Bertz CT molecular complexity index is 1310. The van der Waals surface area contributed by atoms with E-state index in [0.717, 1.165) is 5.57 Å². The average molecular weight is 593 g/mol. The zero-order valence-corrected chi connectivity index (χ0v) is 21.3. The quantitative estimate of drug-likeness (QED) is 0.232. The molecule has 0 saturated carbocycles. The number of hydrogen-bond acceptors (Lipinski definition) is 7. The maximum absolute atomic E-state index is 13.4. The van der Waals surface area contributed by atoms with Crippen LogP contribution in [-0.4, -0.2) is 45.9 Å². The SMILES string of the molecule is COc1cc([C@H]2C3=CC[C@@H]4C(=O)N(O)C(=O)[C@@H]4[C@@H]3CC3=C2C(=O)C(C)=CC3=O)c(Br)c(Br)c1O. The van der Waals surface area contributed by atoms with E-state index in [2.05, 4.69) is 31.9 Å². The number of rotatable bonds is 2. The normalized spacial score (nSPS) is 28.4. The van der Waals surface area contributed by atoms with E-state index in [-0.39, 0.29) is 41.0 Å². The zero-order valence-electron chi connectivity index (χ0n) is 18.1. The molecule has 1 aliphatic heterocycles. The molecule has 3 aliphatic carbocycles. The molecule has 1 aromatic rings. The number of ether oxygens (including phenoxy) is 1. The van der Waals surface area contributed by atoms with Crippen molar-refractivity contribution in [3.8, 4) is 11.5 Å². The van der Waals surface area contributed by atoms with E-state index in [4.69, 9.17) is 4.74 Å². The Morgan fingerprint density at radius 1 is 1.09 bits per heavy atom. The number of carbonyl (C=O) groups excluding carboxylic acids is 4. The molecule has 0 spiro atoms. The number of halogens is 2. The van der Waals surface area contributed by atoms with Gasteiger partial charge in [0.1, 0.15) is 0 Å². The Balaban J connectivity index is 1.78. The van der Waals surface area contributed by atoms with Crippen molar-refractivity contribution in [2.75, 3.05) is 7.11 Å². The predicted molar refractivity (Wildman–Crippen MR) is 125 cm³/mol. The lowest BCUT2D eigenvalue weighted by Crippen LogP contribution is -2.39. The van der Waals surface area contributed by atoms with Gasteiger partial charge in [-0.25, -0.2) is 0 Å². The number of Topliss-reactive ketones (excluding diaryl/α,β-unsaturated/α-hetero) is 1. The molecule has 5 rings (SSSR count). The summed E-state index contributed by atoms with van der Waals surface area (Å²) in [5.74, 6) is -4.71. The van der Waals surface area contributed by atoms with Crippen LogP contribution in [0.3, 0.4) is 0 Å². The highest BCUT2D eigenvalue weighted by Gasteiger charge is 2.56. The largest absolute Gasteiger partial charge is 0.503 e. The molecule has 4 aliphatic rings.